The molecule has 1 aliphatic rings. The largest absolute Gasteiger partial charge is 0.507 e. The van der Waals surface area contributed by atoms with Gasteiger partial charge in [0.1, 0.15) is 11.5 Å². The number of hydrogen-bond acceptors (Lipinski definition) is 4. The van der Waals surface area contributed by atoms with Crippen LogP contribution >= 0.6 is 0 Å². The number of carbonyl (C=O) groups excluding carboxylic acids is 2. The predicted octanol–water partition coefficient (Wildman–Crippen LogP) is 4.68. The standard InChI is InChI=1S/C25H23NO4/c1-3-14-26-22(17-10-6-11-18(15-17)30-2)21(24(28)25(26)29)23(27)20-13-7-9-16-8-4-5-12-19(16)20/h4-13,15,22,27H,3,14H2,1-2H3/b23-21-. The maximum absolute atomic E-state index is 13.0. The molecule has 1 fully saturated rings. The Morgan fingerprint density at radius 3 is 2.53 bits per heavy atom. The van der Waals surface area contributed by atoms with Gasteiger partial charge in [-0.15, -0.1) is 0 Å². The molecule has 152 valence electrons. The number of rotatable bonds is 5. The highest BCUT2D eigenvalue weighted by Gasteiger charge is 2.45. The van der Waals surface area contributed by atoms with Gasteiger partial charge in [-0.25, -0.2) is 0 Å². The smallest absolute Gasteiger partial charge is 0.295 e. The van der Waals surface area contributed by atoms with Crippen molar-refractivity contribution >= 4 is 28.2 Å². The van der Waals surface area contributed by atoms with Crippen LogP contribution in [0.15, 0.2) is 72.3 Å². The number of aliphatic hydroxyl groups is 1. The van der Waals surface area contributed by atoms with Gasteiger partial charge >= 0.3 is 0 Å². The highest BCUT2D eigenvalue weighted by molar-refractivity contribution is 6.46. The van der Waals surface area contributed by atoms with Crippen LogP contribution in [0.2, 0.25) is 0 Å². The number of aliphatic hydroxyl groups excluding tert-OH is 1. The molecule has 1 unspecified atom stereocenters. The van der Waals surface area contributed by atoms with E-state index in [0.29, 0.717) is 24.3 Å². The molecule has 1 amide bonds. The lowest BCUT2D eigenvalue weighted by Gasteiger charge is -2.25. The molecule has 0 spiro atoms. The number of ether oxygens (including phenoxy) is 1. The molecule has 30 heavy (non-hydrogen) atoms. The Labute approximate surface area is 175 Å². The van der Waals surface area contributed by atoms with Gasteiger partial charge in [-0.1, -0.05) is 61.5 Å². The molecular formula is C25H23NO4. The van der Waals surface area contributed by atoms with Crippen molar-refractivity contribution in [2.45, 2.75) is 19.4 Å². The first-order valence-electron chi connectivity index (χ1n) is 9.97. The van der Waals surface area contributed by atoms with E-state index >= 15 is 0 Å². The second-order valence-corrected chi connectivity index (χ2v) is 7.30. The van der Waals surface area contributed by atoms with Gasteiger partial charge in [0.05, 0.1) is 18.7 Å². The summed E-state index contributed by atoms with van der Waals surface area (Å²) in [5.74, 6) is -0.788. The summed E-state index contributed by atoms with van der Waals surface area (Å²) in [6.07, 6.45) is 0.696. The molecule has 4 rings (SSSR count). The van der Waals surface area contributed by atoms with Crippen LogP contribution in [-0.4, -0.2) is 35.4 Å². The fourth-order valence-corrected chi connectivity index (χ4v) is 4.09. The van der Waals surface area contributed by atoms with Crippen molar-refractivity contribution in [3.05, 3.63) is 83.4 Å². The molecule has 1 N–H and O–H groups in total. The first-order valence-corrected chi connectivity index (χ1v) is 9.97. The number of methoxy groups -OCH3 is 1. The zero-order valence-corrected chi connectivity index (χ0v) is 17.0. The van der Waals surface area contributed by atoms with E-state index in [1.54, 1.807) is 25.3 Å². The third-order valence-corrected chi connectivity index (χ3v) is 5.46. The molecule has 1 saturated heterocycles. The molecule has 0 saturated carbocycles. The molecule has 0 radical (unpaired) electrons. The van der Waals surface area contributed by atoms with Gasteiger partial charge in [0, 0.05) is 12.1 Å². The highest BCUT2D eigenvalue weighted by Crippen LogP contribution is 2.41. The lowest BCUT2D eigenvalue weighted by molar-refractivity contribution is -0.139. The van der Waals surface area contributed by atoms with Crippen molar-refractivity contribution in [2.24, 2.45) is 0 Å². The summed E-state index contributed by atoms with van der Waals surface area (Å²) in [5.41, 5.74) is 1.37. The molecule has 5 nitrogen and oxygen atoms in total. The summed E-state index contributed by atoms with van der Waals surface area (Å²) >= 11 is 0. The summed E-state index contributed by atoms with van der Waals surface area (Å²) in [5, 5.41) is 13.1. The minimum atomic E-state index is -0.668. The van der Waals surface area contributed by atoms with Crippen molar-refractivity contribution in [2.75, 3.05) is 13.7 Å². The van der Waals surface area contributed by atoms with Crippen LogP contribution in [-0.2, 0) is 9.59 Å². The molecule has 0 aliphatic carbocycles. The normalized spacial score (nSPS) is 18.2. The average molecular weight is 401 g/mol. The van der Waals surface area contributed by atoms with Crippen molar-refractivity contribution in [1.82, 2.24) is 4.90 Å². The minimum absolute atomic E-state index is 0.109. The SMILES string of the molecule is CCCN1C(=O)C(=O)/C(=C(\O)c2cccc3ccccc23)C1c1cccc(OC)c1. The van der Waals surface area contributed by atoms with Gasteiger partial charge in [0.2, 0.25) is 0 Å². The van der Waals surface area contributed by atoms with Crippen LogP contribution in [0.3, 0.4) is 0 Å². The van der Waals surface area contributed by atoms with Gasteiger partial charge in [-0.05, 0) is 34.9 Å². The Kier molecular flexibility index (Phi) is 5.27. The van der Waals surface area contributed by atoms with E-state index in [0.717, 1.165) is 16.3 Å². The molecular weight excluding hydrogens is 378 g/mol. The summed E-state index contributed by atoms with van der Waals surface area (Å²) < 4.78 is 5.33. The van der Waals surface area contributed by atoms with E-state index in [4.69, 9.17) is 4.74 Å². The Hall–Kier alpha value is -3.60. The molecule has 3 aromatic carbocycles. The third-order valence-electron chi connectivity index (χ3n) is 5.46. The number of hydrogen-bond donors (Lipinski definition) is 1. The molecule has 1 aliphatic heterocycles. The van der Waals surface area contributed by atoms with Gasteiger partial charge < -0.3 is 14.7 Å². The maximum atomic E-state index is 13.0. The van der Waals surface area contributed by atoms with Gasteiger partial charge in [0.25, 0.3) is 11.7 Å². The Balaban J connectivity index is 1.96. The molecule has 0 bridgehead atoms. The molecule has 5 heteroatoms. The first-order chi connectivity index (χ1) is 14.6. The van der Waals surface area contributed by atoms with Crippen molar-refractivity contribution in [1.29, 1.82) is 0 Å². The minimum Gasteiger partial charge on any atom is -0.507 e. The topological polar surface area (TPSA) is 66.8 Å². The number of ketones is 1. The monoisotopic (exact) mass is 401 g/mol. The van der Waals surface area contributed by atoms with Crippen LogP contribution < -0.4 is 4.74 Å². The Bertz CT molecular complexity index is 1160. The fourth-order valence-electron chi connectivity index (χ4n) is 4.09. The van der Waals surface area contributed by atoms with Gasteiger partial charge in [-0.3, -0.25) is 9.59 Å². The maximum Gasteiger partial charge on any atom is 0.295 e. The lowest BCUT2D eigenvalue weighted by atomic mass is 9.93. The second-order valence-electron chi connectivity index (χ2n) is 7.30. The van der Waals surface area contributed by atoms with Crippen LogP contribution in [0.25, 0.3) is 16.5 Å². The van der Waals surface area contributed by atoms with Gasteiger partial charge in [-0.2, -0.15) is 0 Å². The zero-order chi connectivity index (χ0) is 21.3. The number of Topliss-reactive ketones (excluding diaryl/α,β-unsaturated/α-hetero) is 1. The average Bonchev–Trinajstić information content (AvgIpc) is 3.03. The number of nitrogens with zero attached hydrogens (tertiary/aromatic N) is 1. The zero-order valence-electron chi connectivity index (χ0n) is 17.0. The lowest BCUT2D eigenvalue weighted by Crippen LogP contribution is -2.30. The summed E-state index contributed by atoms with van der Waals surface area (Å²) in [6.45, 7) is 2.37. The van der Waals surface area contributed by atoms with Crippen molar-refractivity contribution in [3.8, 4) is 5.75 Å². The Morgan fingerprint density at radius 1 is 1.03 bits per heavy atom. The van der Waals surface area contributed by atoms with Crippen molar-refractivity contribution in [3.63, 3.8) is 0 Å². The number of carbonyl (C=O) groups is 2. The second kappa shape index (κ2) is 8.03. The number of fused-ring (bicyclic) bond motifs is 1. The summed E-state index contributed by atoms with van der Waals surface area (Å²) in [6, 6.07) is 19.8. The highest BCUT2D eigenvalue weighted by atomic mass is 16.5. The van der Waals surface area contributed by atoms with Crippen LogP contribution in [0.5, 0.6) is 5.75 Å². The molecule has 1 atom stereocenters. The van der Waals surface area contributed by atoms with E-state index in [-0.39, 0.29) is 11.3 Å². The van der Waals surface area contributed by atoms with E-state index in [9.17, 15) is 14.7 Å². The Morgan fingerprint density at radius 2 is 1.77 bits per heavy atom. The van der Waals surface area contributed by atoms with E-state index in [1.165, 1.54) is 4.90 Å². The number of benzene rings is 3. The fraction of sp³-hybridized carbons (Fsp3) is 0.200. The van der Waals surface area contributed by atoms with Crippen LogP contribution in [0.4, 0.5) is 0 Å². The van der Waals surface area contributed by atoms with E-state index in [2.05, 4.69) is 0 Å². The molecule has 1 heterocycles. The molecule has 3 aromatic rings. The van der Waals surface area contributed by atoms with Gasteiger partial charge in [0.15, 0.2) is 0 Å². The summed E-state index contributed by atoms with van der Waals surface area (Å²) in [7, 11) is 1.57. The van der Waals surface area contributed by atoms with Crippen LogP contribution in [0, 0.1) is 0 Å². The summed E-state index contributed by atoms with van der Waals surface area (Å²) in [4.78, 5) is 27.4. The number of amides is 1. The predicted molar refractivity (Wildman–Crippen MR) is 116 cm³/mol. The van der Waals surface area contributed by atoms with E-state index < -0.39 is 17.7 Å². The third kappa shape index (κ3) is 3.22. The van der Waals surface area contributed by atoms with Crippen molar-refractivity contribution < 1.29 is 19.4 Å². The van der Waals surface area contributed by atoms with E-state index in [1.807, 2.05) is 55.5 Å². The van der Waals surface area contributed by atoms with Crippen LogP contribution in [0.1, 0.15) is 30.5 Å². The number of likely N-dealkylation sites (tertiary alicyclic amines) is 1. The molecule has 0 aromatic heterocycles. The first kappa shape index (κ1) is 19.7. The quantitative estimate of drug-likeness (QED) is 0.383.